The fourth-order valence-corrected chi connectivity index (χ4v) is 4.13. The summed E-state index contributed by atoms with van der Waals surface area (Å²) < 4.78 is 25.2. The molecule has 28 heavy (non-hydrogen) atoms. The first kappa shape index (κ1) is 20.9. The van der Waals surface area contributed by atoms with Crippen LogP contribution in [-0.2, 0) is 16.6 Å². The molecule has 0 saturated carbocycles. The fraction of sp³-hybridized carbons (Fsp3) is 0.632. The van der Waals surface area contributed by atoms with Crippen LogP contribution in [0, 0.1) is 5.92 Å². The average Bonchev–Trinajstić information content (AvgIpc) is 3.16. The van der Waals surface area contributed by atoms with Gasteiger partial charge in [-0.25, -0.2) is 13.1 Å². The van der Waals surface area contributed by atoms with Gasteiger partial charge in [0.25, 0.3) is 0 Å². The number of piperidine rings is 1. The van der Waals surface area contributed by atoms with E-state index in [0.717, 1.165) is 63.8 Å². The molecule has 2 aromatic rings. The maximum atomic E-state index is 11.3. The van der Waals surface area contributed by atoms with Crippen molar-refractivity contribution in [1.29, 1.82) is 0 Å². The van der Waals surface area contributed by atoms with Crippen LogP contribution in [0.2, 0.25) is 0 Å². The Balaban J connectivity index is 1.32. The number of nitrogens with zero attached hydrogens (tertiary/aromatic N) is 5. The molecule has 9 heteroatoms. The van der Waals surface area contributed by atoms with Gasteiger partial charge in [0.15, 0.2) is 0 Å². The van der Waals surface area contributed by atoms with Crippen molar-refractivity contribution < 1.29 is 8.42 Å². The Labute approximate surface area is 167 Å². The Bertz CT molecular complexity index is 824. The highest BCUT2D eigenvalue weighted by Crippen LogP contribution is 2.17. The number of hydrogen-bond donors (Lipinski definition) is 1. The third-order valence-corrected chi connectivity index (χ3v) is 5.75. The molecule has 0 bridgehead atoms. The Morgan fingerprint density at radius 3 is 2.71 bits per heavy atom. The van der Waals surface area contributed by atoms with Crippen LogP contribution in [0.1, 0.15) is 32.1 Å². The van der Waals surface area contributed by atoms with E-state index in [2.05, 4.69) is 25.0 Å². The molecule has 1 fully saturated rings. The molecule has 1 N–H and O–H groups in total. The van der Waals surface area contributed by atoms with Gasteiger partial charge in [0.1, 0.15) is 0 Å². The number of sulfonamides is 1. The van der Waals surface area contributed by atoms with Gasteiger partial charge in [-0.2, -0.15) is 4.80 Å². The lowest BCUT2D eigenvalue weighted by atomic mass is 9.98. The van der Waals surface area contributed by atoms with E-state index >= 15 is 0 Å². The molecule has 8 nitrogen and oxygen atoms in total. The van der Waals surface area contributed by atoms with Crippen LogP contribution in [-0.4, -0.2) is 66.0 Å². The minimum absolute atomic E-state index is 0.416. The molecule has 0 amide bonds. The number of tetrazole rings is 1. The number of rotatable bonds is 10. The van der Waals surface area contributed by atoms with E-state index in [-0.39, 0.29) is 0 Å². The number of aryl methyl sites for hydroxylation is 1. The number of nitrogens with one attached hydrogen (secondary N) is 1. The number of unbranched alkanes of at least 4 members (excludes halogenated alkanes) is 2. The van der Waals surface area contributed by atoms with E-state index in [1.807, 2.05) is 30.3 Å². The molecule has 1 atom stereocenters. The highest BCUT2D eigenvalue weighted by molar-refractivity contribution is 7.88. The largest absolute Gasteiger partial charge is 0.303 e. The highest BCUT2D eigenvalue weighted by atomic mass is 32.2. The number of likely N-dealkylation sites (tertiary alicyclic amines) is 1. The Morgan fingerprint density at radius 2 is 1.93 bits per heavy atom. The SMILES string of the molecule is CS(=O)(=O)NCC1CCCN(CCCCCn2nnc(-c3ccccc3)n2)C1. The predicted molar refractivity (Wildman–Crippen MR) is 109 cm³/mol. The zero-order valence-electron chi connectivity index (χ0n) is 16.5. The van der Waals surface area contributed by atoms with Gasteiger partial charge in [-0.05, 0) is 49.9 Å². The molecular weight excluding hydrogens is 376 g/mol. The van der Waals surface area contributed by atoms with Gasteiger partial charge in [-0.1, -0.05) is 36.8 Å². The van der Waals surface area contributed by atoms with E-state index in [0.29, 0.717) is 18.3 Å². The number of hydrogen-bond acceptors (Lipinski definition) is 6. The first-order valence-corrected chi connectivity index (χ1v) is 11.9. The molecule has 0 radical (unpaired) electrons. The van der Waals surface area contributed by atoms with Gasteiger partial charge >= 0.3 is 0 Å². The summed E-state index contributed by atoms with van der Waals surface area (Å²) in [7, 11) is -3.10. The molecule has 2 heterocycles. The van der Waals surface area contributed by atoms with E-state index in [1.54, 1.807) is 4.80 Å². The van der Waals surface area contributed by atoms with Crippen molar-refractivity contribution in [2.75, 3.05) is 32.4 Å². The quantitative estimate of drug-likeness (QED) is 0.605. The van der Waals surface area contributed by atoms with Crippen molar-refractivity contribution in [3.63, 3.8) is 0 Å². The summed E-state index contributed by atoms with van der Waals surface area (Å²) in [6.07, 6.45) is 6.73. The van der Waals surface area contributed by atoms with Crippen molar-refractivity contribution in [3.05, 3.63) is 30.3 Å². The second-order valence-corrected chi connectivity index (χ2v) is 9.40. The van der Waals surface area contributed by atoms with Gasteiger partial charge in [-0.15, -0.1) is 10.2 Å². The Kier molecular flexibility index (Phi) is 7.52. The van der Waals surface area contributed by atoms with E-state index in [4.69, 9.17) is 0 Å². The summed E-state index contributed by atoms with van der Waals surface area (Å²) in [4.78, 5) is 4.13. The van der Waals surface area contributed by atoms with E-state index in [9.17, 15) is 8.42 Å². The zero-order chi connectivity index (χ0) is 19.8. The van der Waals surface area contributed by atoms with Gasteiger partial charge in [0.05, 0.1) is 12.8 Å². The van der Waals surface area contributed by atoms with Crippen LogP contribution < -0.4 is 4.72 Å². The van der Waals surface area contributed by atoms with E-state index < -0.39 is 10.0 Å². The smallest absolute Gasteiger partial charge is 0.208 e. The lowest BCUT2D eigenvalue weighted by Gasteiger charge is -2.32. The van der Waals surface area contributed by atoms with Gasteiger partial charge in [-0.3, -0.25) is 0 Å². The lowest BCUT2D eigenvalue weighted by molar-refractivity contribution is 0.172. The fourth-order valence-electron chi connectivity index (χ4n) is 3.60. The molecule has 1 aromatic heterocycles. The van der Waals surface area contributed by atoms with Crippen molar-refractivity contribution in [2.24, 2.45) is 5.92 Å². The van der Waals surface area contributed by atoms with Crippen LogP contribution in [0.5, 0.6) is 0 Å². The maximum Gasteiger partial charge on any atom is 0.208 e. The van der Waals surface area contributed by atoms with Crippen LogP contribution >= 0.6 is 0 Å². The second kappa shape index (κ2) is 10.1. The molecule has 0 aliphatic carbocycles. The summed E-state index contributed by atoms with van der Waals surface area (Å²) in [6.45, 7) is 4.49. The predicted octanol–water partition coefficient (Wildman–Crippen LogP) is 1.77. The molecule has 1 aromatic carbocycles. The highest BCUT2D eigenvalue weighted by Gasteiger charge is 2.20. The molecular formula is C19H30N6O2S. The van der Waals surface area contributed by atoms with Gasteiger partial charge in [0.2, 0.25) is 15.8 Å². The molecule has 1 aliphatic heterocycles. The lowest BCUT2D eigenvalue weighted by Crippen LogP contribution is -2.41. The topological polar surface area (TPSA) is 93.0 Å². The first-order valence-electron chi connectivity index (χ1n) is 10.00. The van der Waals surface area contributed by atoms with E-state index in [1.165, 1.54) is 6.26 Å². The summed E-state index contributed by atoms with van der Waals surface area (Å²) >= 11 is 0. The molecule has 1 unspecified atom stereocenters. The molecule has 1 aliphatic rings. The second-order valence-electron chi connectivity index (χ2n) is 7.57. The zero-order valence-corrected chi connectivity index (χ0v) is 17.3. The minimum atomic E-state index is -3.10. The normalized spacial score (nSPS) is 18.4. The summed E-state index contributed by atoms with van der Waals surface area (Å²) in [5.74, 6) is 1.09. The summed E-state index contributed by atoms with van der Waals surface area (Å²) in [5, 5.41) is 12.7. The average molecular weight is 407 g/mol. The molecule has 3 rings (SSSR count). The van der Waals surface area contributed by atoms with Crippen LogP contribution in [0.4, 0.5) is 0 Å². The van der Waals surface area contributed by atoms with Crippen molar-refractivity contribution in [1.82, 2.24) is 29.8 Å². The van der Waals surface area contributed by atoms with Crippen molar-refractivity contribution in [3.8, 4) is 11.4 Å². The molecule has 154 valence electrons. The van der Waals surface area contributed by atoms with Crippen molar-refractivity contribution >= 4 is 10.0 Å². The monoisotopic (exact) mass is 406 g/mol. The van der Waals surface area contributed by atoms with Gasteiger partial charge in [0, 0.05) is 18.7 Å². The molecule has 1 saturated heterocycles. The van der Waals surface area contributed by atoms with Crippen LogP contribution in [0.3, 0.4) is 0 Å². The third-order valence-electron chi connectivity index (χ3n) is 5.05. The summed E-state index contributed by atoms with van der Waals surface area (Å²) in [5.41, 5.74) is 0.985. The Hall–Kier alpha value is -1.84. The third kappa shape index (κ3) is 6.96. The Morgan fingerprint density at radius 1 is 1.14 bits per heavy atom. The van der Waals surface area contributed by atoms with Crippen LogP contribution in [0.25, 0.3) is 11.4 Å². The summed E-state index contributed by atoms with van der Waals surface area (Å²) in [6, 6.07) is 9.88. The number of aromatic nitrogens is 4. The minimum Gasteiger partial charge on any atom is -0.303 e. The van der Waals surface area contributed by atoms with Crippen LogP contribution in [0.15, 0.2) is 30.3 Å². The molecule has 0 spiro atoms. The first-order chi connectivity index (χ1) is 13.5. The maximum absolute atomic E-state index is 11.3. The number of benzene rings is 1. The van der Waals surface area contributed by atoms with Crippen molar-refractivity contribution in [2.45, 2.75) is 38.6 Å². The van der Waals surface area contributed by atoms with Gasteiger partial charge < -0.3 is 4.90 Å². The standard InChI is InChI=1S/C19H30N6O2S/c1-28(26,27)20-15-17-9-8-13-24(16-17)12-6-3-7-14-25-22-19(21-23-25)18-10-4-2-5-11-18/h2,4-5,10-11,17,20H,3,6-9,12-16H2,1H3.